The molecule has 4 saturated carbocycles. The smallest absolute Gasteiger partial charge is 0.311 e. The summed E-state index contributed by atoms with van der Waals surface area (Å²) in [5.74, 6) is 0.979. The first-order chi connectivity index (χ1) is 9.01. The van der Waals surface area contributed by atoms with Gasteiger partial charge >= 0.3 is 11.9 Å². The van der Waals surface area contributed by atoms with Crippen LogP contribution < -0.4 is 0 Å². The molecule has 0 spiro atoms. The fourth-order valence-corrected chi connectivity index (χ4v) is 5.49. The van der Waals surface area contributed by atoms with Crippen molar-refractivity contribution in [3.05, 3.63) is 0 Å². The van der Waals surface area contributed by atoms with Gasteiger partial charge in [-0.25, -0.2) is 0 Å². The van der Waals surface area contributed by atoms with E-state index in [2.05, 4.69) is 0 Å². The Morgan fingerprint density at radius 1 is 1.05 bits per heavy atom. The molecule has 4 bridgehead atoms. The van der Waals surface area contributed by atoms with Crippen LogP contribution >= 0.6 is 0 Å². The molecule has 4 nitrogen and oxygen atoms in total. The van der Waals surface area contributed by atoms with E-state index in [-0.39, 0.29) is 22.8 Å². The van der Waals surface area contributed by atoms with Crippen LogP contribution in [0.5, 0.6) is 0 Å². The zero-order chi connectivity index (χ0) is 13.7. The second-order valence-electron chi connectivity index (χ2n) is 6.99. The highest BCUT2D eigenvalue weighted by Gasteiger charge is 2.61. The molecule has 0 aromatic carbocycles. The lowest BCUT2D eigenvalue weighted by Crippen LogP contribution is -2.55. The molecule has 19 heavy (non-hydrogen) atoms. The van der Waals surface area contributed by atoms with Crippen LogP contribution in [0.1, 0.15) is 44.9 Å². The molecule has 0 aliphatic heterocycles. The largest absolute Gasteiger partial charge is 0.469 e. The third-order valence-corrected chi connectivity index (χ3v) is 5.55. The van der Waals surface area contributed by atoms with Crippen LogP contribution in [0.3, 0.4) is 0 Å². The van der Waals surface area contributed by atoms with E-state index in [4.69, 9.17) is 9.47 Å². The number of carbonyl (C=O) groups excluding carboxylic acids is 2. The number of esters is 2. The Hall–Kier alpha value is -1.06. The molecule has 0 N–H and O–H groups in total. The molecule has 0 saturated heterocycles. The highest BCUT2D eigenvalue weighted by molar-refractivity contribution is 5.78. The van der Waals surface area contributed by atoms with Crippen LogP contribution in [0, 0.1) is 22.7 Å². The summed E-state index contributed by atoms with van der Waals surface area (Å²) in [6.45, 7) is 0. The lowest BCUT2D eigenvalue weighted by Gasteiger charge is -2.60. The van der Waals surface area contributed by atoms with Crippen LogP contribution in [0.25, 0.3) is 0 Å². The van der Waals surface area contributed by atoms with Crippen LogP contribution in [-0.2, 0) is 19.1 Å². The van der Waals surface area contributed by atoms with Crippen molar-refractivity contribution in [1.29, 1.82) is 0 Å². The molecule has 4 fully saturated rings. The molecule has 4 rings (SSSR count). The Balaban J connectivity index is 1.88. The Kier molecular flexibility index (Phi) is 2.88. The van der Waals surface area contributed by atoms with E-state index in [1.54, 1.807) is 0 Å². The third kappa shape index (κ3) is 1.96. The molecule has 0 radical (unpaired) electrons. The number of hydrogen-bond donors (Lipinski definition) is 0. The van der Waals surface area contributed by atoms with Gasteiger partial charge in [0.2, 0.25) is 0 Å². The predicted octanol–water partition coefficient (Wildman–Crippen LogP) is 2.31. The normalized spacial score (nSPS) is 43.1. The summed E-state index contributed by atoms with van der Waals surface area (Å²) in [6, 6.07) is 0. The van der Waals surface area contributed by atoms with Gasteiger partial charge < -0.3 is 9.47 Å². The topological polar surface area (TPSA) is 52.6 Å². The highest BCUT2D eigenvalue weighted by atomic mass is 16.5. The van der Waals surface area contributed by atoms with Crippen molar-refractivity contribution in [1.82, 2.24) is 0 Å². The second-order valence-corrected chi connectivity index (χ2v) is 6.99. The summed E-state index contributed by atoms with van der Waals surface area (Å²) in [5, 5.41) is 0. The molecule has 4 heteroatoms. The van der Waals surface area contributed by atoms with E-state index in [0.29, 0.717) is 18.3 Å². The Bertz CT molecular complexity index is 400. The van der Waals surface area contributed by atoms with E-state index in [1.165, 1.54) is 20.6 Å². The molecule has 4 aliphatic rings. The molecule has 0 heterocycles. The zero-order valence-corrected chi connectivity index (χ0v) is 11.7. The highest BCUT2D eigenvalue weighted by Crippen LogP contribution is 2.66. The SMILES string of the molecule is COC(=O)CC12C[C@H]3C[C@H](C1)CC(C(=O)OC)(C3)C2. The number of ether oxygens (including phenoxy) is 2. The van der Waals surface area contributed by atoms with Crippen molar-refractivity contribution in [2.75, 3.05) is 14.2 Å². The van der Waals surface area contributed by atoms with Gasteiger partial charge in [-0.1, -0.05) is 0 Å². The van der Waals surface area contributed by atoms with E-state index < -0.39 is 0 Å². The molecular formula is C15H22O4. The minimum absolute atomic E-state index is 0.00856. The van der Waals surface area contributed by atoms with Gasteiger partial charge in [-0.15, -0.1) is 0 Å². The maximum absolute atomic E-state index is 12.2. The summed E-state index contributed by atoms with van der Waals surface area (Å²) in [4.78, 5) is 23.9. The van der Waals surface area contributed by atoms with E-state index >= 15 is 0 Å². The van der Waals surface area contributed by atoms with Gasteiger partial charge in [0.05, 0.1) is 26.1 Å². The van der Waals surface area contributed by atoms with E-state index in [1.807, 2.05) is 0 Å². The number of carbonyl (C=O) groups is 2. The lowest BCUT2D eigenvalue weighted by molar-refractivity contribution is -0.182. The fourth-order valence-electron chi connectivity index (χ4n) is 5.49. The summed E-state index contributed by atoms with van der Waals surface area (Å²) in [7, 11) is 2.92. The molecule has 106 valence electrons. The van der Waals surface area contributed by atoms with Crippen molar-refractivity contribution in [3.8, 4) is 0 Å². The minimum atomic E-state index is -0.313. The van der Waals surface area contributed by atoms with Gasteiger partial charge in [-0.2, -0.15) is 0 Å². The van der Waals surface area contributed by atoms with Crippen molar-refractivity contribution < 1.29 is 19.1 Å². The second kappa shape index (κ2) is 4.22. The Labute approximate surface area is 113 Å². The van der Waals surface area contributed by atoms with Crippen LogP contribution in [-0.4, -0.2) is 26.2 Å². The summed E-state index contributed by atoms with van der Waals surface area (Å²) in [6.07, 6.45) is 6.58. The maximum Gasteiger partial charge on any atom is 0.311 e. The molecule has 0 aromatic rings. The fraction of sp³-hybridized carbons (Fsp3) is 0.867. The first-order valence-electron chi connectivity index (χ1n) is 7.16. The summed E-state index contributed by atoms with van der Waals surface area (Å²) in [5.41, 5.74) is -0.321. The average molecular weight is 266 g/mol. The minimum Gasteiger partial charge on any atom is -0.469 e. The van der Waals surface area contributed by atoms with Gasteiger partial charge in [-0.05, 0) is 55.8 Å². The Morgan fingerprint density at radius 3 is 2.21 bits per heavy atom. The van der Waals surface area contributed by atoms with Crippen LogP contribution in [0.4, 0.5) is 0 Å². The Morgan fingerprint density at radius 2 is 1.68 bits per heavy atom. The van der Waals surface area contributed by atoms with E-state index in [9.17, 15) is 9.59 Å². The quantitative estimate of drug-likeness (QED) is 0.736. The first-order valence-corrected chi connectivity index (χ1v) is 7.16. The van der Waals surface area contributed by atoms with Crippen molar-refractivity contribution in [2.24, 2.45) is 22.7 Å². The molecule has 0 amide bonds. The number of hydrogen-bond acceptors (Lipinski definition) is 4. The van der Waals surface area contributed by atoms with Crippen LogP contribution in [0.2, 0.25) is 0 Å². The molecule has 2 atom stereocenters. The van der Waals surface area contributed by atoms with Crippen molar-refractivity contribution >= 4 is 11.9 Å². The third-order valence-electron chi connectivity index (χ3n) is 5.55. The number of methoxy groups -OCH3 is 2. The van der Waals surface area contributed by atoms with E-state index in [0.717, 1.165) is 32.1 Å². The lowest BCUT2D eigenvalue weighted by atomic mass is 9.43. The standard InChI is InChI=1S/C15H22O4/c1-18-12(16)8-14-4-10-3-11(5-14)7-15(6-10,9-14)13(17)19-2/h10-11H,3-9H2,1-2H3/t10-,11-,14?,15?/m1/s1. The molecule has 4 aliphatic carbocycles. The van der Waals surface area contributed by atoms with Crippen molar-refractivity contribution in [3.63, 3.8) is 0 Å². The zero-order valence-electron chi connectivity index (χ0n) is 11.7. The van der Waals surface area contributed by atoms with Gasteiger partial charge in [0.1, 0.15) is 0 Å². The summed E-state index contributed by atoms with van der Waals surface area (Å²) < 4.78 is 9.91. The average Bonchev–Trinajstić information content (AvgIpc) is 2.35. The van der Waals surface area contributed by atoms with Gasteiger partial charge in [0, 0.05) is 0 Å². The van der Waals surface area contributed by atoms with Gasteiger partial charge in [-0.3, -0.25) is 9.59 Å². The molecule has 0 unspecified atom stereocenters. The monoisotopic (exact) mass is 266 g/mol. The maximum atomic E-state index is 12.2. The van der Waals surface area contributed by atoms with Crippen molar-refractivity contribution in [2.45, 2.75) is 44.9 Å². The van der Waals surface area contributed by atoms with Crippen LogP contribution in [0.15, 0.2) is 0 Å². The van der Waals surface area contributed by atoms with Gasteiger partial charge in [0.15, 0.2) is 0 Å². The van der Waals surface area contributed by atoms with Gasteiger partial charge in [0.25, 0.3) is 0 Å². The number of rotatable bonds is 3. The molecule has 0 aromatic heterocycles. The summed E-state index contributed by atoms with van der Waals surface area (Å²) >= 11 is 0. The first kappa shape index (κ1) is 12.9. The molecular weight excluding hydrogens is 244 g/mol. The predicted molar refractivity (Wildman–Crippen MR) is 68.2 cm³/mol.